The fourth-order valence-electron chi connectivity index (χ4n) is 2.86. The first-order valence-corrected chi connectivity index (χ1v) is 11.3. The van der Waals surface area contributed by atoms with Crippen LogP contribution in [0.4, 0.5) is 4.79 Å². The van der Waals surface area contributed by atoms with E-state index in [0.29, 0.717) is 12.0 Å². The number of hydrogen-bond donors (Lipinski definition) is 2. The van der Waals surface area contributed by atoms with Crippen molar-refractivity contribution in [2.24, 2.45) is 5.73 Å². The molecule has 3 atom stereocenters. The summed E-state index contributed by atoms with van der Waals surface area (Å²) in [7, 11) is 0. The molecule has 2 unspecified atom stereocenters. The van der Waals surface area contributed by atoms with E-state index in [1.807, 2.05) is 6.92 Å². The first kappa shape index (κ1) is 28.9. The van der Waals surface area contributed by atoms with E-state index >= 15 is 0 Å². The summed E-state index contributed by atoms with van der Waals surface area (Å²) >= 11 is 0. The van der Waals surface area contributed by atoms with Crippen molar-refractivity contribution in [2.75, 3.05) is 0 Å². The molecule has 1 rings (SSSR count). The molecule has 0 aliphatic rings. The van der Waals surface area contributed by atoms with E-state index in [1.165, 1.54) is 18.2 Å². The summed E-state index contributed by atoms with van der Waals surface area (Å²) in [6.45, 7) is 10.2. The topological polar surface area (TPSA) is 151 Å². The summed E-state index contributed by atoms with van der Waals surface area (Å²) in [4.78, 5) is 47.5. The third-order valence-electron chi connectivity index (χ3n) is 5.23. The lowest BCUT2D eigenvalue weighted by molar-refractivity contribution is -0.139. The van der Waals surface area contributed by atoms with Gasteiger partial charge in [0.05, 0.1) is 0 Å². The van der Waals surface area contributed by atoms with Gasteiger partial charge in [-0.15, -0.1) is 0 Å². The van der Waals surface area contributed by atoms with Gasteiger partial charge in [-0.3, -0.25) is 14.4 Å². The molecule has 10 heteroatoms. The molecule has 10 nitrogen and oxygen atoms in total. The Kier molecular flexibility index (Phi) is 11.0. The molecule has 190 valence electrons. The van der Waals surface area contributed by atoms with Crippen molar-refractivity contribution >= 4 is 24.1 Å². The predicted molar refractivity (Wildman–Crippen MR) is 123 cm³/mol. The van der Waals surface area contributed by atoms with Crippen molar-refractivity contribution in [3.05, 3.63) is 23.8 Å². The van der Waals surface area contributed by atoms with Gasteiger partial charge in [0.25, 0.3) is 0 Å². The van der Waals surface area contributed by atoms with E-state index in [2.05, 4.69) is 0 Å². The third kappa shape index (κ3) is 9.01. The van der Waals surface area contributed by atoms with Crippen LogP contribution >= 0.6 is 0 Å². The molecule has 34 heavy (non-hydrogen) atoms. The lowest BCUT2D eigenvalue weighted by Crippen LogP contribution is -2.38. The molecular weight excluding hydrogens is 446 g/mol. The maximum absolute atomic E-state index is 12.1. The second-order valence-electron chi connectivity index (χ2n) is 8.46. The largest absolute Gasteiger partial charge is 0.509 e. The van der Waals surface area contributed by atoms with Crippen molar-refractivity contribution in [3.8, 4) is 11.5 Å². The van der Waals surface area contributed by atoms with Crippen molar-refractivity contribution < 1.29 is 43.2 Å². The number of carboxylic acids is 1. The van der Waals surface area contributed by atoms with Crippen LogP contribution in [0.5, 0.6) is 11.5 Å². The molecule has 1 aromatic carbocycles. The average Bonchev–Trinajstić information content (AvgIpc) is 2.77. The lowest BCUT2D eigenvalue weighted by Gasteiger charge is -2.27. The normalized spacial score (nSPS) is 13.9. The summed E-state index contributed by atoms with van der Waals surface area (Å²) in [6.07, 6.45) is -0.808. The van der Waals surface area contributed by atoms with E-state index in [4.69, 9.17) is 24.7 Å². The Morgan fingerprint density at radius 1 is 1.00 bits per heavy atom. The molecular formula is C24H35NO9. The van der Waals surface area contributed by atoms with Gasteiger partial charge in [-0.05, 0) is 51.3 Å². The van der Waals surface area contributed by atoms with Crippen molar-refractivity contribution in [1.82, 2.24) is 0 Å². The molecule has 3 N–H and O–H groups in total. The summed E-state index contributed by atoms with van der Waals surface area (Å²) in [5.74, 6) is -3.20. The smallest absolute Gasteiger partial charge is 0.480 e. The fourth-order valence-corrected chi connectivity index (χ4v) is 2.86. The highest BCUT2D eigenvalue weighted by Crippen LogP contribution is 2.35. The number of esters is 2. The summed E-state index contributed by atoms with van der Waals surface area (Å²) in [5.41, 5.74) is 5.64. The van der Waals surface area contributed by atoms with Gasteiger partial charge in [0.1, 0.15) is 17.7 Å². The average molecular weight is 482 g/mol. The molecule has 0 radical (unpaired) electrons. The highest BCUT2D eigenvalue weighted by atomic mass is 16.7. The quantitative estimate of drug-likeness (QED) is 0.332. The summed E-state index contributed by atoms with van der Waals surface area (Å²) < 4.78 is 21.1. The van der Waals surface area contributed by atoms with Gasteiger partial charge in [-0.2, -0.15) is 0 Å². The Morgan fingerprint density at radius 3 is 2.06 bits per heavy atom. The molecule has 0 aliphatic carbocycles. The number of nitrogens with two attached hydrogens (primary N) is 1. The Morgan fingerprint density at radius 2 is 1.56 bits per heavy atom. The summed E-state index contributed by atoms with van der Waals surface area (Å²) in [6, 6.07) is 2.99. The number of rotatable bonds is 12. The van der Waals surface area contributed by atoms with E-state index in [-0.39, 0.29) is 30.8 Å². The molecule has 0 saturated carbocycles. The molecule has 0 heterocycles. The number of ether oxygens (including phenoxy) is 4. The lowest BCUT2D eigenvalue weighted by atomic mass is 9.87. The highest BCUT2D eigenvalue weighted by molar-refractivity contribution is 5.77. The second kappa shape index (κ2) is 12.9. The summed E-state index contributed by atoms with van der Waals surface area (Å²) in [5, 5.41) is 9.54. The number of carboxylic acid groups (broad SMARTS) is 1. The van der Waals surface area contributed by atoms with Gasteiger partial charge in [0.15, 0.2) is 11.5 Å². The maximum Gasteiger partial charge on any atom is 0.509 e. The van der Waals surface area contributed by atoms with Crippen molar-refractivity contribution in [3.63, 3.8) is 0 Å². The Balaban J connectivity index is 3.23. The molecule has 0 bridgehead atoms. The zero-order chi connectivity index (χ0) is 26.1. The molecule has 0 spiro atoms. The van der Waals surface area contributed by atoms with E-state index in [0.717, 1.165) is 0 Å². The van der Waals surface area contributed by atoms with Gasteiger partial charge in [0.2, 0.25) is 0 Å². The van der Waals surface area contributed by atoms with Gasteiger partial charge < -0.3 is 29.8 Å². The van der Waals surface area contributed by atoms with Crippen LogP contribution in [0.1, 0.15) is 78.7 Å². The molecule has 1 aromatic rings. The number of carbonyl (C=O) groups is 4. The van der Waals surface area contributed by atoms with Gasteiger partial charge in [-0.25, -0.2) is 4.79 Å². The predicted octanol–water partition coefficient (Wildman–Crippen LogP) is 3.93. The first-order chi connectivity index (χ1) is 15.8. The van der Waals surface area contributed by atoms with Crippen LogP contribution in [0.15, 0.2) is 18.2 Å². The van der Waals surface area contributed by atoms with E-state index in [9.17, 15) is 24.3 Å². The van der Waals surface area contributed by atoms with Crippen LogP contribution in [-0.2, 0) is 23.9 Å². The first-order valence-electron chi connectivity index (χ1n) is 11.3. The van der Waals surface area contributed by atoms with Gasteiger partial charge in [-0.1, -0.05) is 26.8 Å². The van der Waals surface area contributed by atoms with Gasteiger partial charge in [0, 0.05) is 18.8 Å². The highest BCUT2D eigenvalue weighted by Gasteiger charge is 2.31. The van der Waals surface area contributed by atoms with Gasteiger partial charge >= 0.3 is 24.1 Å². The van der Waals surface area contributed by atoms with E-state index in [1.54, 1.807) is 34.6 Å². The molecule has 0 amide bonds. The van der Waals surface area contributed by atoms with E-state index < -0.39 is 47.7 Å². The SMILES string of the molecule is CCC(=O)Oc1ccc(C(CC(C)OC(=O)OC(C)(C)CC)[C@H](N)C(=O)O)cc1OC(=O)CC. The van der Waals surface area contributed by atoms with Crippen LogP contribution in [0, 0.1) is 0 Å². The number of aliphatic carboxylic acids is 1. The number of benzene rings is 1. The minimum Gasteiger partial charge on any atom is -0.480 e. The molecule has 0 saturated heterocycles. The Labute approximate surface area is 199 Å². The zero-order valence-corrected chi connectivity index (χ0v) is 20.6. The van der Waals surface area contributed by atoms with Crippen LogP contribution in [0.25, 0.3) is 0 Å². The number of hydrogen-bond acceptors (Lipinski definition) is 9. The Bertz CT molecular complexity index is 881. The number of carbonyl (C=O) groups excluding carboxylic acids is 3. The minimum absolute atomic E-state index is 0.0229. The van der Waals surface area contributed by atoms with Crippen molar-refractivity contribution in [2.45, 2.75) is 90.9 Å². The molecule has 0 fully saturated rings. The van der Waals surface area contributed by atoms with Crippen LogP contribution in [0.3, 0.4) is 0 Å². The van der Waals surface area contributed by atoms with Crippen LogP contribution in [0.2, 0.25) is 0 Å². The van der Waals surface area contributed by atoms with Crippen LogP contribution in [-0.4, -0.2) is 46.9 Å². The van der Waals surface area contributed by atoms with Crippen molar-refractivity contribution in [1.29, 1.82) is 0 Å². The van der Waals surface area contributed by atoms with Crippen LogP contribution < -0.4 is 15.2 Å². The Hall–Kier alpha value is -3.14. The molecule has 0 aromatic heterocycles. The fraction of sp³-hybridized carbons (Fsp3) is 0.583. The second-order valence-corrected chi connectivity index (χ2v) is 8.46. The maximum atomic E-state index is 12.1. The minimum atomic E-state index is -1.35. The molecule has 0 aliphatic heterocycles. The third-order valence-corrected chi connectivity index (χ3v) is 5.23. The monoisotopic (exact) mass is 481 g/mol. The standard InChI is InChI=1S/C24H35NO9/c1-7-19(26)32-17-11-10-15(13-18(17)33-20(27)8-2)16(21(25)22(28)29)12-14(4)31-23(30)34-24(5,6)9-3/h10-11,13-14,16,21H,7-9,12,25H2,1-6H3,(H,28,29)/t14?,16?,21-/m0/s1. The zero-order valence-electron chi connectivity index (χ0n) is 20.6.